The third-order valence-corrected chi connectivity index (χ3v) is 6.64. The van der Waals surface area contributed by atoms with Gasteiger partial charge < -0.3 is 15.1 Å². The number of likely N-dealkylation sites (N-methyl/N-ethyl adjacent to an activating group) is 1. The van der Waals surface area contributed by atoms with E-state index >= 15 is 0 Å². The van der Waals surface area contributed by atoms with Crippen LogP contribution in [0.15, 0.2) is 78.9 Å². The van der Waals surface area contributed by atoms with E-state index in [0.29, 0.717) is 5.92 Å². The molecule has 0 unspecified atom stereocenters. The van der Waals surface area contributed by atoms with Crippen LogP contribution in [-0.2, 0) is 0 Å². The van der Waals surface area contributed by atoms with Crippen LogP contribution in [0.3, 0.4) is 0 Å². The molecule has 2 aliphatic rings. The van der Waals surface area contributed by atoms with Crippen molar-refractivity contribution in [1.29, 1.82) is 0 Å². The van der Waals surface area contributed by atoms with E-state index in [9.17, 15) is 0 Å². The molecule has 5 heteroatoms. The summed E-state index contributed by atoms with van der Waals surface area (Å²) in [5.41, 5.74) is 5.86. The first-order valence-electron chi connectivity index (χ1n) is 12.5. The molecule has 0 bridgehead atoms. The molecule has 0 atom stereocenters. The fraction of sp³-hybridized carbons (Fsp3) is 0.433. The molecule has 190 valence electrons. The van der Waals surface area contributed by atoms with Crippen molar-refractivity contribution >= 4 is 23.7 Å². The lowest BCUT2D eigenvalue weighted by Gasteiger charge is -2.33. The standard InChI is InChI=1S/C28H38N4.C2H7N/c1-7-25-12-14-32(15-13-25)26-10-11-28(29-5)27(20-26)24(4)23(3)9-8-22(2)21-31-18-16-30(6)17-19-31;1-3-2/h7-11,20,25H,1-5,12-19,21H2,6H3;3H,1-2H3/b9-8-;. The quantitative estimate of drug-likeness (QED) is 0.303. The number of benzene rings is 1. The zero-order valence-electron chi connectivity index (χ0n) is 22.2. The van der Waals surface area contributed by atoms with Crippen LogP contribution in [-0.4, -0.2) is 83.5 Å². The monoisotopic (exact) mass is 475 g/mol. The molecular weight excluding hydrogens is 430 g/mol. The van der Waals surface area contributed by atoms with E-state index in [1.54, 1.807) is 0 Å². The number of nitrogens with one attached hydrogen (secondary N) is 1. The van der Waals surface area contributed by atoms with Gasteiger partial charge in [-0.2, -0.15) is 0 Å². The first-order chi connectivity index (χ1) is 16.8. The van der Waals surface area contributed by atoms with Gasteiger partial charge >= 0.3 is 0 Å². The number of anilines is 1. The Balaban J connectivity index is 0.00000137. The number of hydrogen-bond acceptors (Lipinski definition) is 5. The minimum atomic E-state index is 0.624. The van der Waals surface area contributed by atoms with Gasteiger partial charge in [-0.1, -0.05) is 38.0 Å². The fourth-order valence-corrected chi connectivity index (χ4v) is 4.33. The molecule has 2 saturated heterocycles. The number of rotatable bonds is 9. The van der Waals surface area contributed by atoms with Crippen molar-refractivity contribution in [3.63, 3.8) is 0 Å². The molecule has 5 nitrogen and oxygen atoms in total. The average Bonchev–Trinajstić information content (AvgIpc) is 2.88. The molecule has 0 radical (unpaired) electrons. The fourth-order valence-electron chi connectivity index (χ4n) is 4.33. The van der Waals surface area contributed by atoms with Gasteiger partial charge in [0.1, 0.15) is 0 Å². The highest BCUT2D eigenvalue weighted by Crippen LogP contribution is 2.34. The van der Waals surface area contributed by atoms with Gasteiger partial charge in [0, 0.05) is 57.1 Å². The molecule has 1 N–H and O–H groups in total. The molecule has 0 amide bonds. The lowest BCUT2D eigenvalue weighted by atomic mass is 9.95. The maximum Gasteiger partial charge on any atom is 0.0702 e. The predicted molar refractivity (Wildman–Crippen MR) is 156 cm³/mol. The average molecular weight is 476 g/mol. The molecule has 0 aromatic heterocycles. The van der Waals surface area contributed by atoms with Crippen molar-refractivity contribution in [2.45, 2.75) is 12.8 Å². The van der Waals surface area contributed by atoms with Gasteiger partial charge in [0.25, 0.3) is 0 Å². The summed E-state index contributed by atoms with van der Waals surface area (Å²) < 4.78 is 0. The summed E-state index contributed by atoms with van der Waals surface area (Å²) in [6.07, 6.45) is 8.47. The van der Waals surface area contributed by atoms with Crippen LogP contribution in [0.5, 0.6) is 0 Å². The number of piperazine rings is 1. The Bertz CT molecular complexity index is 913. The van der Waals surface area contributed by atoms with Crippen molar-refractivity contribution in [2.24, 2.45) is 10.9 Å². The lowest BCUT2D eigenvalue weighted by Crippen LogP contribution is -2.44. The van der Waals surface area contributed by atoms with E-state index in [2.05, 4.69) is 89.4 Å². The van der Waals surface area contributed by atoms with Crippen molar-refractivity contribution in [3.8, 4) is 0 Å². The second-order valence-electron chi connectivity index (χ2n) is 9.49. The Labute approximate surface area is 213 Å². The van der Waals surface area contributed by atoms with E-state index in [1.165, 1.54) is 5.69 Å². The molecule has 0 spiro atoms. The van der Waals surface area contributed by atoms with Gasteiger partial charge in [-0.25, -0.2) is 0 Å². The molecule has 1 aromatic carbocycles. The molecule has 2 heterocycles. The topological polar surface area (TPSA) is 34.1 Å². The first-order valence-corrected chi connectivity index (χ1v) is 12.5. The zero-order chi connectivity index (χ0) is 25.8. The summed E-state index contributed by atoms with van der Waals surface area (Å²) >= 11 is 0. The van der Waals surface area contributed by atoms with Gasteiger partial charge in [-0.05, 0) is 81.5 Å². The predicted octanol–water partition coefficient (Wildman–Crippen LogP) is 5.19. The van der Waals surface area contributed by atoms with Crippen LogP contribution >= 0.6 is 0 Å². The smallest absolute Gasteiger partial charge is 0.0702 e. The van der Waals surface area contributed by atoms with Crippen molar-refractivity contribution in [1.82, 2.24) is 15.1 Å². The number of aliphatic imine (C=N–C) groups is 1. The van der Waals surface area contributed by atoms with Crippen LogP contribution < -0.4 is 10.2 Å². The Hall–Kier alpha value is -2.73. The summed E-state index contributed by atoms with van der Waals surface area (Å²) in [6, 6.07) is 6.34. The normalized spacial score (nSPS) is 17.5. The maximum atomic E-state index is 4.33. The summed E-state index contributed by atoms with van der Waals surface area (Å²) in [5.74, 6) is 0.624. The number of piperidine rings is 1. The molecule has 1 aromatic rings. The lowest BCUT2D eigenvalue weighted by molar-refractivity contribution is 0.165. The summed E-state index contributed by atoms with van der Waals surface area (Å²) in [5, 5.41) is 2.75. The third-order valence-electron chi connectivity index (χ3n) is 6.64. The van der Waals surface area contributed by atoms with Gasteiger partial charge in [0.2, 0.25) is 0 Å². The van der Waals surface area contributed by atoms with E-state index in [4.69, 9.17) is 0 Å². The highest BCUT2D eigenvalue weighted by Gasteiger charge is 2.19. The highest BCUT2D eigenvalue weighted by atomic mass is 15.2. The summed E-state index contributed by atoms with van der Waals surface area (Å²) in [4.78, 5) is 11.5. The van der Waals surface area contributed by atoms with E-state index < -0.39 is 0 Å². The largest absolute Gasteiger partial charge is 0.371 e. The Morgan fingerprint density at radius 1 is 1.03 bits per heavy atom. The van der Waals surface area contributed by atoms with E-state index in [1.807, 2.05) is 26.2 Å². The van der Waals surface area contributed by atoms with Crippen LogP contribution in [0.25, 0.3) is 5.57 Å². The molecule has 0 saturated carbocycles. The van der Waals surface area contributed by atoms with Gasteiger partial charge in [0.15, 0.2) is 0 Å². The van der Waals surface area contributed by atoms with Crippen molar-refractivity contribution in [3.05, 3.63) is 79.5 Å². The summed E-state index contributed by atoms with van der Waals surface area (Å²) in [6.45, 7) is 27.9. The van der Waals surface area contributed by atoms with Gasteiger partial charge in [0.05, 0.1) is 5.69 Å². The Morgan fingerprint density at radius 2 is 1.66 bits per heavy atom. The SMILES string of the molecule is C=CC1CCN(c2ccc(N=C)c(C(=C)C(=C)/C=C\C(=C)CN3CCN(C)CC3)c2)CC1.CNC. The van der Waals surface area contributed by atoms with Crippen LogP contribution in [0.1, 0.15) is 18.4 Å². The number of nitrogens with zero attached hydrogens (tertiary/aromatic N) is 4. The molecular formula is C30H45N5. The third kappa shape index (κ3) is 8.77. The second kappa shape index (κ2) is 14.6. The van der Waals surface area contributed by atoms with Gasteiger partial charge in [-0.3, -0.25) is 9.89 Å². The van der Waals surface area contributed by atoms with Crippen LogP contribution in [0.4, 0.5) is 11.4 Å². The Morgan fingerprint density at radius 3 is 2.23 bits per heavy atom. The van der Waals surface area contributed by atoms with Crippen LogP contribution in [0, 0.1) is 5.92 Å². The summed E-state index contributed by atoms with van der Waals surface area (Å²) in [7, 11) is 5.92. The van der Waals surface area contributed by atoms with Crippen molar-refractivity contribution in [2.75, 3.05) is 71.9 Å². The molecule has 2 fully saturated rings. The highest BCUT2D eigenvalue weighted by molar-refractivity contribution is 5.87. The second-order valence-corrected chi connectivity index (χ2v) is 9.49. The molecule has 35 heavy (non-hydrogen) atoms. The first kappa shape index (κ1) is 28.5. The molecule has 0 aliphatic carbocycles. The molecule has 2 aliphatic heterocycles. The van der Waals surface area contributed by atoms with Crippen molar-refractivity contribution < 1.29 is 0 Å². The molecule has 3 rings (SSSR count). The minimum absolute atomic E-state index is 0.624. The Kier molecular flexibility index (Phi) is 11.9. The number of hydrogen-bond donors (Lipinski definition) is 1. The zero-order valence-corrected chi connectivity index (χ0v) is 22.2. The van der Waals surface area contributed by atoms with Gasteiger partial charge in [-0.15, -0.1) is 6.58 Å². The minimum Gasteiger partial charge on any atom is -0.371 e. The van der Waals surface area contributed by atoms with E-state index in [0.717, 1.165) is 86.6 Å². The number of allylic oxidation sites excluding steroid dienone is 4. The maximum absolute atomic E-state index is 4.33. The van der Waals surface area contributed by atoms with E-state index in [-0.39, 0.29) is 0 Å². The van der Waals surface area contributed by atoms with Crippen LogP contribution in [0.2, 0.25) is 0 Å².